The number of benzene rings is 1. The van der Waals surface area contributed by atoms with Crippen LogP contribution >= 0.6 is 0 Å². The van der Waals surface area contributed by atoms with Gasteiger partial charge in [-0.25, -0.2) is 9.59 Å². The van der Waals surface area contributed by atoms with Gasteiger partial charge in [0.25, 0.3) is 0 Å². The van der Waals surface area contributed by atoms with Crippen molar-refractivity contribution in [1.82, 2.24) is 4.90 Å². The van der Waals surface area contributed by atoms with Crippen molar-refractivity contribution in [1.29, 1.82) is 0 Å². The Labute approximate surface area is 255 Å². The minimum Gasteiger partial charge on any atom is -0.463 e. The SMILES string of the molecule is CC(=O)OC[C@H]1O[C@H](C[C@@H]2C(=O)O[C@H](C(C)(C)C)N2C(=O)OCc2ccccc2)[C@H](OC(C)=O)[C@@H](OC(C)=O)[C@@H]1OC(C)=O. The Hall–Kier alpha value is -4.20. The van der Waals surface area contributed by atoms with Crippen LogP contribution in [0.25, 0.3) is 0 Å². The van der Waals surface area contributed by atoms with E-state index >= 15 is 0 Å². The summed E-state index contributed by atoms with van der Waals surface area (Å²) in [5.74, 6) is -3.80. The molecule has 2 fully saturated rings. The highest BCUT2D eigenvalue weighted by Gasteiger charge is 2.56. The van der Waals surface area contributed by atoms with E-state index in [-0.39, 0.29) is 13.0 Å². The van der Waals surface area contributed by atoms with E-state index in [9.17, 15) is 28.8 Å². The second kappa shape index (κ2) is 14.5. The van der Waals surface area contributed by atoms with Gasteiger partial charge in [-0.1, -0.05) is 51.1 Å². The molecule has 0 saturated carbocycles. The first kappa shape index (κ1) is 34.3. The number of carbonyl (C=O) groups excluding carboxylic acids is 6. The molecule has 242 valence electrons. The lowest BCUT2D eigenvalue weighted by molar-refractivity contribution is -0.254. The monoisotopic (exact) mass is 621 g/mol. The first-order valence-electron chi connectivity index (χ1n) is 14.1. The van der Waals surface area contributed by atoms with Gasteiger partial charge in [0.1, 0.15) is 31.5 Å². The van der Waals surface area contributed by atoms with Gasteiger partial charge in [0.15, 0.2) is 24.5 Å². The van der Waals surface area contributed by atoms with Gasteiger partial charge in [0.05, 0.1) is 0 Å². The van der Waals surface area contributed by atoms with Crippen LogP contribution in [0.1, 0.15) is 60.5 Å². The van der Waals surface area contributed by atoms with Crippen LogP contribution in [0.15, 0.2) is 30.3 Å². The van der Waals surface area contributed by atoms with Gasteiger partial charge in [-0.05, 0) is 5.56 Å². The van der Waals surface area contributed by atoms with Gasteiger partial charge in [-0.15, -0.1) is 0 Å². The van der Waals surface area contributed by atoms with Crippen molar-refractivity contribution in [3.63, 3.8) is 0 Å². The lowest BCUT2D eigenvalue weighted by Crippen LogP contribution is -2.63. The molecule has 0 spiro atoms. The van der Waals surface area contributed by atoms with Gasteiger partial charge < -0.3 is 33.2 Å². The molecule has 2 aliphatic rings. The highest BCUT2D eigenvalue weighted by molar-refractivity contribution is 5.84. The molecule has 7 atom stereocenters. The molecule has 0 N–H and O–H groups in total. The molecule has 44 heavy (non-hydrogen) atoms. The lowest BCUT2D eigenvalue weighted by atomic mass is 9.89. The Morgan fingerprint density at radius 2 is 1.32 bits per heavy atom. The van der Waals surface area contributed by atoms with Crippen LogP contribution in [-0.2, 0) is 63.7 Å². The van der Waals surface area contributed by atoms with Crippen LogP contribution in [-0.4, -0.2) is 90.2 Å². The van der Waals surface area contributed by atoms with Gasteiger partial charge in [-0.3, -0.25) is 24.1 Å². The third-order valence-electron chi connectivity index (χ3n) is 6.79. The van der Waals surface area contributed by atoms with Crippen molar-refractivity contribution >= 4 is 35.9 Å². The van der Waals surface area contributed by atoms with Gasteiger partial charge in [-0.2, -0.15) is 0 Å². The van der Waals surface area contributed by atoms with Gasteiger partial charge in [0, 0.05) is 39.5 Å². The van der Waals surface area contributed by atoms with E-state index in [0.717, 1.165) is 33.3 Å². The molecule has 14 nitrogen and oxygen atoms in total. The largest absolute Gasteiger partial charge is 0.463 e. The molecule has 2 heterocycles. The van der Waals surface area contributed by atoms with Crippen molar-refractivity contribution in [2.24, 2.45) is 5.41 Å². The van der Waals surface area contributed by atoms with E-state index in [4.69, 9.17) is 33.2 Å². The summed E-state index contributed by atoms with van der Waals surface area (Å²) in [5.41, 5.74) is -0.0204. The van der Waals surface area contributed by atoms with Crippen LogP contribution in [0.5, 0.6) is 0 Å². The normalized spacial score (nSPS) is 26.7. The average molecular weight is 622 g/mol. The summed E-state index contributed by atoms with van der Waals surface area (Å²) in [6.07, 6.45) is -8.82. The standard InChI is InChI=1S/C30H39NO13/c1-16(32)38-15-23-25(41-18(3)34)26(42-19(4)35)24(40-17(2)33)22(43-23)13-21-27(36)44-28(30(5,6)7)31(21)29(37)39-14-20-11-9-8-10-12-20/h8-12,21-26,28H,13-15H2,1-7H3/t21-,22-,23-,24+,25-,26-,28-/m1/s1. The topological polar surface area (TPSA) is 170 Å². The second-order valence-electron chi connectivity index (χ2n) is 11.6. The number of ether oxygens (including phenoxy) is 7. The molecule has 3 rings (SSSR count). The average Bonchev–Trinajstić information content (AvgIpc) is 3.25. The third-order valence-corrected chi connectivity index (χ3v) is 6.79. The molecular formula is C30H39NO13. The Kier molecular flexibility index (Phi) is 11.3. The zero-order valence-corrected chi connectivity index (χ0v) is 25.8. The van der Waals surface area contributed by atoms with E-state index in [1.165, 1.54) is 4.90 Å². The Morgan fingerprint density at radius 3 is 1.84 bits per heavy atom. The van der Waals surface area contributed by atoms with Crippen molar-refractivity contribution in [2.45, 2.75) is 104 Å². The van der Waals surface area contributed by atoms with Crippen LogP contribution in [0.4, 0.5) is 4.79 Å². The number of nitrogens with zero attached hydrogens (tertiary/aromatic N) is 1. The van der Waals surface area contributed by atoms with Crippen molar-refractivity contribution in [2.75, 3.05) is 6.61 Å². The summed E-state index contributed by atoms with van der Waals surface area (Å²) < 4.78 is 38.9. The molecule has 1 amide bonds. The third kappa shape index (κ3) is 8.91. The zero-order valence-electron chi connectivity index (χ0n) is 25.8. The molecule has 0 aromatic heterocycles. The molecule has 2 aliphatic heterocycles. The van der Waals surface area contributed by atoms with E-state index < -0.39 is 90.8 Å². The maximum Gasteiger partial charge on any atom is 0.413 e. The van der Waals surface area contributed by atoms with Crippen molar-refractivity contribution < 1.29 is 61.9 Å². The molecule has 2 saturated heterocycles. The fourth-order valence-corrected chi connectivity index (χ4v) is 5.07. The number of hydrogen-bond donors (Lipinski definition) is 0. The second-order valence-corrected chi connectivity index (χ2v) is 11.6. The number of carbonyl (C=O) groups is 6. The number of amides is 1. The van der Waals surface area contributed by atoms with Crippen molar-refractivity contribution in [3.05, 3.63) is 35.9 Å². The van der Waals surface area contributed by atoms with E-state index in [0.29, 0.717) is 0 Å². The molecule has 14 heteroatoms. The number of rotatable bonds is 9. The summed E-state index contributed by atoms with van der Waals surface area (Å²) in [4.78, 5) is 76.1. The number of esters is 5. The molecule has 0 unspecified atom stereocenters. The zero-order chi connectivity index (χ0) is 32.8. The summed E-state index contributed by atoms with van der Waals surface area (Å²) in [7, 11) is 0. The van der Waals surface area contributed by atoms with E-state index in [2.05, 4.69) is 0 Å². The summed E-state index contributed by atoms with van der Waals surface area (Å²) in [6.45, 7) is 9.31. The van der Waals surface area contributed by atoms with Crippen LogP contribution in [0, 0.1) is 5.41 Å². The molecule has 0 aliphatic carbocycles. The quantitative estimate of drug-likeness (QED) is 0.291. The van der Waals surface area contributed by atoms with Crippen LogP contribution in [0.2, 0.25) is 0 Å². The smallest absolute Gasteiger partial charge is 0.413 e. The molecule has 1 aromatic carbocycles. The molecular weight excluding hydrogens is 582 g/mol. The first-order valence-corrected chi connectivity index (χ1v) is 14.1. The summed E-state index contributed by atoms with van der Waals surface area (Å²) >= 11 is 0. The van der Waals surface area contributed by atoms with E-state index in [1.54, 1.807) is 45.0 Å². The number of cyclic esters (lactones) is 1. The van der Waals surface area contributed by atoms with Gasteiger partial charge in [0.2, 0.25) is 0 Å². The fourth-order valence-electron chi connectivity index (χ4n) is 5.07. The minimum atomic E-state index is -1.42. The van der Waals surface area contributed by atoms with Crippen LogP contribution in [0.3, 0.4) is 0 Å². The summed E-state index contributed by atoms with van der Waals surface area (Å²) in [6, 6.07) is 7.65. The predicted molar refractivity (Wildman–Crippen MR) is 148 cm³/mol. The first-order chi connectivity index (χ1) is 20.6. The Morgan fingerprint density at radius 1 is 0.773 bits per heavy atom. The summed E-state index contributed by atoms with van der Waals surface area (Å²) in [5, 5.41) is 0. The molecule has 0 bridgehead atoms. The Bertz CT molecular complexity index is 1230. The minimum absolute atomic E-state index is 0.0764. The lowest BCUT2D eigenvalue weighted by Gasteiger charge is -2.45. The van der Waals surface area contributed by atoms with Gasteiger partial charge >= 0.3 is 35.9 Å². The van der Waals surface area contributed by atoms with E-state index in [1.807, 2.05) is 6.07 Å². The van der Waals surface area contributed by atoms with Crippen LogP contribution < -0.4 is 0 Å². The highest BCUT2D eigenvalue weighted by atomic mass is 16.7. The maximum absolute atomic E-state index is 13.5. The molecule has 0 radical (unpaired) electrons. The molecule has 1 aromatic rings. The predicted octanol–water partition coefficient (Wildman–Crippen LogP) is 2.44. The fraction of sp³-hybridized carbons (Fsp3) is 0.600. The highest BCUT2D eigenvalue weighted by Crippen LogP contribution is 2.38. The Balaban J connectivity index is 2.00. The van der Waals surface area contributed by atoms with Crippen molar-refractivity contribution in [3.8, 4) is 0 Å². The number of hydrogen-bond acceptors (Lipinski definition) is 13. The maximum atomic E-state index is 13.5.